The molecule has 1 rings (SSSR count). The first-order chi connectivity index (χ1) is 7.22. The van der Waals surface area contributed by atoms with Crippen molar-refractivity contribution >= 4 is 5.97 Å². The first kappa shape index (κ1) is 12.0. The summed E-state index contributed by atoms with van der Waals surface area (Å²) in [6.45, 7) is 2.93. The third kappa shape index (κ3) is 4.77. The summed E-state index contributed by atoms with van der Waals surface area (Å²) in [5.74, 6) is -0.744. The lowest BCUT2D eigenvalue weighted by Gasteiger charge is -2.29. The van der Waals surface area contributed by atoms with Crippen molar-refractivity contribution < 1.29 is 14.6 Å². The maximum absolute atomic E-state index is 10.3. The summed E-state index contributed by atoms with van der Waals surface area (Å²) in [5.41, 5.74) is 0. The number of aliphatic carboxylic acids is 1. The van der Waals surface area contributed by atoms with Crippen LogP contribution in [0.4, 0.5) is 0 Å². The highest BCUT2D eigenvalue weighted by molar-refractivity contribution is 5.66. The number of carbonyl (C=O) groups is 1. The van der Waals surface area contributed by atoms with Crippen molar-refractivity contribution in [2.24, 2.45) is 0 Å². The Morgan fingerprint density at radius 1 is 1.60 bits per heavy atom. The van der Waals surface area contributed by atoms with E-state index in [0.29, 0.717) is 19.6 Å². The standard InChI is InChI=1S/C10H16N2O3/c11-7-9-8-12(5-6-15-9)4-2-1-3-10(13)14/h9H,1-6,8H2,(H,13,14). The summed E-state index contributed by atoms with van der Waals surface area (Å²) in [7, 11) is 0. The number of nitriles is 1. The largest absolute Gasteiger partial charge is 0.481 e. The van der Waals surface area contributed by atoms with Crippen molar-refractivity contribution in [1.82, 2.24) is 4.90 Å². The molecule has 1 N–H and O–H groups in total. The first-order valence-corrected chi connectivity index (χ1v) is 5.17. The summed E-state index contributed by atoms with van der Waals surface area (Å²) in [6.07, 6.45) is 1.47. The van der Waals surface area contributed by atoms with Crippen LogP contribution in [0.2, 0.25) is 0 Å². The molecule has 1 aliphatic rings. The van der Waals surface area contributed by atoms with Crippen molar-refractivity contribution in [2.75, 3.05) is 26.2 Å². The van der Waals surface area contributed by atoms with Gasteiger partial charge in [-0.15, -0.1) is 0 Å². The third-order valence-electron chi connectivity index (χ3n) is 2.41. The van der Waals surface area contributed by atoms with E-state index in [4.69, 9.17) is 15.1 Å². The minimum Gasteiger partial charge on any atom is -0.481 e. The lowest BCUT2D eigenvalue weighted by molar-refractivity contribution is -0.137. The predicted octanol–water partition coefficient (Wildman–Crippen LogP) is 0.466. The number of morpholine rings is 1. The van der Waals surface area contributed by atoms with Crippen molar-refractivity contribution in [1.29, 1.82) is 5.26 Å². The Morgan fingerprint density at radius 2 is 2.40 bits per heavy atom. The Bertz CT molecular complexity index is 250. The van der Waals surface area contributed by atoms with Gasteiger partial charge in [0, 0.05) is 19.5 Å². The van der Waals surface area contributed by atoms with E-state index in [1.807, 2.05) is 0 Å². The van der Waals surface area contributed by atoms with Gasteiger partial charge in [0.1, 0.15) is 0 Å². The number of hydrogen-bond acceptors (Lipinski definition) is 4. The van der Waals surface area contributed by atoms with Gasteiger partial charge >= 0.3 is 5.97 Å². The molecule has 1 heterocycles. The molecule has 1 aliphatic heterocycles. The molecule has 15 heavy (non-hydrogen) atoms. The fraction of sp³-hybridized carbons (Fsp3) is 0.800. The minimum absolute atomic E-state index is 0.228. The normalized spacial score (nSPS) is 22.2. The van der Waals surface area contributed by atoms with Crippen molar-refractivity contribution in [3.63, 3.8) is 0 Å². The smallest absolute Gasteiger partial charge is 0.303 e. The van der Waals surface area contributed by atoms with E-state index in [-0.39, 0.29) is 12.5 Å². The molecule has 0 bridgehead atoms. The van der Waals surface area contributed by atoms with Crippen LogP contribution in [0.1, 0.15) is 19.3 Å². The van der Waals surface area contributed by atoms with Crippen LogP contribution in [-0.2, 0) is 9.53 Å². The second-order valence-corrected chi connectivity index (χ2v) is 3.64. The molecule has 0 aromatic heterocycles. The summed E-state index contributed by atoms with van der Waals surface area (Å²) in [5, 5.41) is 17.1. The van der Waals surface area contributed by atoms with E-state index in [1.54, 1.807) is 0 Å². The Hall–Kier alpha value is -1.12. The number of rotatable bonds is 5. The van der Waals surface area contributed by atoms with E-state index >= 15 is 0 Å². The zero-order valence-corrected chi connectivity index (χ0v) is 8.69. The van der Waals surface area contributed by atoms with E-state index in [0.717, 1.165) is 19.5 Å². The van der Waals surface area contributed by atoms with Gasteiger partial charge in [-0.2, -0.15) is 5.26 Å². The molecule has 5 heteroatoms. The molecule has 0 saturated carbocycles. The van der Waals surface area contributed by atoms with Gasteiger partial charge in [-0.05, 0) is 19.4 Å². The van der Waals surface area contributed by atoms with Crippen LogP contribution in [0, 0.1) is 11.3 Å². The molecule has 0 aromatic rings. The topological polar surface area (TPSA) is 73.6 Å². The number of carboxylic acid groups (broad SMARTS) is 1. The van der Waals surface area contributed by atoms with Crippen molar-refractivity contribution in [3.05, 3.63) is 0 Å². The second kappa shape index (κ2) is 6.38. The van der Waals surface area contributed by atoms with Crippen LogP contribution in [0.3, 0.4) is 0 Å². The van der Waals surface area contributed by atoms with Crippen LogP contribution >= 0.6 is 0 Å². The molecule has 1 saturated heterocycles. The van der Waals surface area contributed by atoms with Gasteiger partial charge in [-0.1, -0.05) is 0 Å². The molecule has 0 radical (unpaired) electrons. The molecule has 0 spiro atoms. The lowest BCUT2D eigenvalue weighted by Crippen LogP contribution is -2.42. The molecule has 84 valence electrons. The molecule has 0 aliphatic carbocycles. The molecule has 1 atom stereocenters. The fourth-order valence-electron chi connectivity index (χ4n) is 1.60. The molecule has 0 amide bonds. The average Bonchev–Trinajstić information content (AvgIpc) is 2.24. The summed E-state index contributed by atoms with van der Waals surface area (Å²) in [6, 6.07) is 2.08. The number of nitrogens with zero attached hydrogens (tertiary/aromatic N) is 2. The zero-order chi connectivity index (χ0) is 11.1. The maximum Gasteiger partial charge on any atom is 0.303 e. The predicted molar refractivity (Wildman–Crippen MR) is 53.3 cm³/mol. The monoisotopic (exact) mass is 212 g/mol. The summed E-state index contributed by atoms with van der Waals surface area (Å²) in [4.78, 5) is 12.4. The molecular formula is C10H16N2O3. The number of carboxylic acids is 1. The minimum atomic E-state index is -0.744. The Morgan fingerprint density at radius 3 is 3.07 bits per heavy atom. The van der Waals surface area contributed by atoms with Gasteiger partial charge in [-0.3, -0.25) is 9.69 Å². The Labute approximate surface area is 89.2 Å². The van der Waals surface area contributed by atoms with Gasteiger partial charge < -0.3 is 9.84 Å². The molecule has 1 fully saturated rings. The van der Waals surface area contributed by atoms with Crippen molar-refractivity contribution in [3.8, 4) is 6.07 Å². The summed E-state index contributed by atoms with van der Waals surface area (Å²) < 4.78 is 5.20. The second-order valence-electron chi connectivity index (χ2n) is 3.64. The van der Waals surface area contributed by atoms with E-state index in [2.05, 4.69) is 11.0 Å². The maximum atomic E-state index is 10.3. The van der Waals surface area contributed by atoms with Crippen molar-refractivity contribution in [2.45, 2.75) is 25.4 Å². The van der Waals surface area contributed by atoms with Gasteiger partial charge in [-0.25, -0.2) is 0 Å². The fourth-order valence-corrected chi connectivity index (χ4v) is 1.60. The molecule has 0 aromatic carbocycles. The highest BCUT2D eigenvalue weighted by Crippen LogP contribution is 2.06. The van der Waals surface area contributed by atoms with Crippen LogP contribution in [0.15, 0.2) is 0 Å². The molecule has 1 unspecified atom stereocenters. The van der Waals surface area contributed by atoms with E-state index in [9.17, 15) is 4.79 Å². The zero-order valence-electron chi connectivity index (χ0n) is 8.69. The number of hydrogen-bond donors (Lipinski definition) is 1. The highest BCUT2D eigenvalue weighted by Gasteiger charge is 2.18. The Balaban J connectivity index is 2.10. The van der Waals surface area contributed by atoms with Crippen LogP contribution in [-0.4, -0.2) is 48.3 Å². The van der Waals surface area contributed by atoms with Crippen LogP contribution in [0.25, 0.3) is 0 Å². The number of unbranched alkanes of at least 4 members (excludes halogenated alkanes) is 1. The average molecular weight is 212 g/mol. The highest BCUT2D eigenvalue weighted by atomic mass is 16.5. The van der Waals surface area contributed by atoms with Gasteiger partial charge in [0.15, 0.2) is 6.10 Å². The molecule has 5 nitrogen and oxygen atoms in total. The van der Waals surface area contributed by atoms with Gasteiger partial charge in [0.25, 0.3) is 0 Å². The van der Waals surface area contributed by atoms with Gasteiger partial charge in [0.2, 0.25) is 0 Å². The third-order valence-corrected chi connectivity index (χ3v) is 2.41. The van der Waals surface area contributed by atoms with Gasteiger partial charge in [0.05, 0.1) is 12.7 Å². The lowest BCUT2D eigenvalue weighted by atomic mass is 10.2. The first-order valence-electron chi connectivity index (χ1n) is 5.17. The van der Waals surface area contributed by atoms with E-state index < -0.39 is 5.97 Å². The van der Waals surface area contributed by atoms with Crippen LogP contribution < -0.4 is 0 Å². The summed E-state index contributed by atoms with van der Waals surface area (Å²) >= 11 is 0. The quantitative estimate of drug-likeness (QED) is 0.670. The molecular weight excluding hydrogens is 196 g/mol. The SMILES string of the molecule is N#CC1CN(CCCCC(=O)O)CCO1. The van der Waals surface area contributed by atoms with Crippen LogP contribution in [0.5, 0.6) is 0 Å². The van der Waals surface area contributed by atoms with E-state index in [1.165, 1.54) is 0 Å². The Kier molecular flexibility index (Phi) is 5.08. The number of ether oxygens (including phenoxy) is 1.